The molecule has 2 heterocycles. The lowest BCUT2D eigenvalue weighted by Gasteiger charge is -2.28. The topological polar surface area (TPSA) is 73.8 Å². The average molecular weight is 483 g/mol. The van der Waals surface area contributed by atoms with E-state index in [2.05, 4.69) is 21.4 Å². The summed E-state index contributed by atoms with van der Waals surface area (Å²) in [6.45, 7) is -0.0747. The first kappa shape index (κ1) is 22.4. The Bertz CT molecular complexity index is 1560. The molecule has 0 saturated carbocycles. The summed E-state index contributed by atoms with van der Waals surface area (Å²) < 4.78 is 27.6. The maximum atomic E-state index is 14.0. The number of fused-ring (bicyclic) bond motifs is 4. The van der Waals surface area contributed by atoms with Crippen LogP contribution in [0.1, 0.15) is 28.2 Å². The lowest BCUT2D eigenvalue weighted by molar-refractivity contribution is 0.273. The van der Waals surface area contributed by atoms with Crippen molar-refractivity contribution in [1.29, 1.82) is 0 Å². The zero-order valence-electron chi connectivity index (χ0n) is 19.4. The van der Waals surface area contributed by atoms with E-state index in [1.165, 1.54) is 12.1 Å². The van der Waals surface area contributed by atoms with Crippen LogP contribution in [-0.4, -0.2) is 32.7 Å². The van der Waals surface area contributed by atoms with Gasteiger partial charge in [0.15, 0.2) is 11.6 Å². The van der Waals surface area contributed by atoms with Gasteiger partial charge in [-0.05, 0) is 53.3 Å². The van der Waals surface area contributed by atoms with Gasteiger partial charge in [-0.25, -0.2) is 18.7 Å². The number of hydrogen-bond acceptors (Lipinski definition) is 4. The van der Waals surface area contributed by atoms with Crippen molar-refractivity contribution in [2.75, 3.05) is 11.9 Å². The summed E-state index contributed by atoms with van der Waals surface area (Å²) >= 11 is 0. The maximum Gasteiger partial charge on any atom is 0.223 e. The number of hydrogen-bond donors (Lipinski definition) is 3. The van der Waals surface area contributed by atoms with E-state index in [9.17, 15) is 13.9 Å². The summed E-state index contributed by atoms with van der Waals surface area (Å²) in [7, 11) is 0. The molecule has 0 aliphatic heterocycles. The molecule has 0 spiro atoms. The molecular formula is C29H24F2N4O. The van der Waals surface area contributed by atoms with Crippen LogP contribution in [0.3, 0.4) is 0 Å². The van der Waals surface area contributed by atoms with Gasteiger partial charge < -0.3 is 15.4 Å². The fraction of sp³-hybridized carbons (Fsp3) is 0.172. The van der Waals surface area contributed by atoms with E-state index >= 15 is 0 Å². The van der Waals surface area contributed by atoms with Crippen LogP contribution in [-0.2, 0) is 12.8 Å². The van der Waals surface area contributed by atoms with Crippen molar-refractivity contribution in [2.45, 2.75) is 24.8 Å². The number of aliphatic hydroxyl groups excluding tert-OH is 1. The van der Waals surface area contributed by atoms with Gasteiger partial charge in [-0.2, -0.15) is 0 Å². The molecule has 1 unspecified atom stereocenters. The Morgan fingerprint density at radius 3 is 2.72 bits per heavy atom. The number of para-hydroxylation sites is 1. The highest BCUT2D eigenvalue weighted by molar-refractivity contribution is 5.83. The van der Waals surface area contributed by atoms with Gasteiger partial charge in [0.05, 0.1) is 18.3 Å². The molecule has 5 nitrogen and oxygen atoms in total. The third-order valence-corrected chi connectivity index (χ3v) is 6.92. The molecule has 0 bridgehead atoms. The number of benzene rings is 3. The molecule has 180 valence electrons. The first-order valence-corrected chi connectivity index (χ1v) is 11.9. The van der Waals surface area contributed by atoms with Crippen molar-refractivity contribution in [3.63, 3.8) is 0 Å². The fourth-order valence-corrected chi connectivity index (χ4v) is 5.14. The van der Waals surface area contributed by atoms with Gasteiger partial charge in [-0.1, -0.05) is 48.5 Å². The average Bonchev–Trinajstić information content (AvgIpc) is 3.32. The zero-order chi connectivity index (χ0) is 24.6. The number of aromatic nitrogens is 3. The molecule has 36 heavy (non-hydrogen) atoms. The Balaban J connectivity index is 1.30. The Labute approximate surface area is 206 Å². The van der Waals surface area contributed by atoms with Gasteiger partial charge in [-0.15, -0.1) is 0 Å². The lowest BCUT2D eigenvalue weighted by atomic mass is 9.78. The predicted molar refractivity (Wildman–Crippen MR) is 136 cm³/mol. The summed E-state index contributed by atoms with van der Waals surface area (Å²) in [5.41, 5.74) is 6.58. The molecule has 2 atom stereocenters. The van der Waals surface area contributed by atoms with E-state index < -0.39 is 11.6 Å². The highest BCUT2D eigenvalue weighted by atomic mass is 19.2. The molecule has 0 saturated heterocycles. The van der Waals surface area contributed by atoms with Gasteiger partial charge >= 0.3 is 0 Å². The van der Waals surface area contributed by atoms with Crippen LogP contribution in [0.4, 0.5) is 14.7 Å². The quantitative estimate of drug-likeness (QED) is 0.294. The molecule has 0 radical (unpaired) electrons. The van der Waals surface area contributed by atoms with Gasteiger partial charge in [0.2, 0.25) is 5.95 Å². The van der Waals surface area contributed by atoms with E-state index in [1.807, 2.05) is 48.7 Å². The molecule has 7 heteroatoms. The minimum absolute atomic E-state index is 0.0747. The van der Waals surface area contributed by atoms with Gasteiger partial charge in [-0.3, -0.25) is 0 Å². The molecule has 3 aromatic carbocycles. The molecular weight excluding hydrogens is 458 g/mol. The third-order valence-electron chi connectivity index (χ3n) is 6.92. The third kappa shape index (κ3) is 4.01. The highest BCUT2D eigenvalue weighted by Crippen LogP contribution is 2.42. The SMILES string of the molecule is OC[C@@H](Cc1c[nH]c2ccccc12)Nc1ncc2c(n1)-c1ccccc1C(c1ccc(F)c(F)c1)C2. The summed E-state index contributed by atoms with van der Waals surface area (Å²) in [5, 5.41) is 14.5. The van der Waals surface area contributed by atoms with Gasteiger partial charge in [0.1, 0.15) is 0 Å². The zero-order valence-corrected chi connectivity index (χ0v) is 19.4. The van der Waals surface area contributed by atoms with Crippen LogP contribution < -0.4 is 5.32 Å². The van der Waals surface area contributed by atoms with E-state index in [-0.39, 0.29) is 18.6 Å². The number of H-pyrrole nitrogens is 1. The van der Waals surface area contributed by atoms with Crippen molar-refractivity contribution >= 4 is 16.9 Å². The second-order valence-corrected chi connectivity index (χ2v) is 9.17. The smallest absolute Gasteiger partial charge is 0.223 e. The molecule has 5 aromatic rings. The van der Waals surface area contributed by atoms with Gasteiger partial charge in [0.25, 0.3) is 0 Å². The number of rotatable bonds is 6. The Morgan fingerprint density at radius 2 is 1.86 bits per heavy atom. The van der Waals surface area contributed by atoms with Crippen molar-refractivity contribution in [3.05, 3.63) is 113 Å². The summed E-state index contributed by atoms with van der Waals surface area (Å²) in [6.07, 6.45) is 4.94. The molecule has 1 aliphatic rings. The molecule has 1 aliphatic carbocycles. The highest BCUT2D eigenvalue weighted by Gasteiger charge is 2.28. The normalized spacial score (nSPS) is 15.4. The monoisotopic (exact) mass is 482 g/mol. The number of aliphatic hydroxyl groups is 1. The standard InChI is InChI=1S/C29H24F2N4O/c30-25-10-9-17(13-26(25)31)24-12-19-15-33-29(35-28(19)23-7-2-1-6-22(23)24)34-20(16-36)11-18-14-32-27-8-4-3-5-21(18)27/h1-10,13-15,20,24,32,36H,11-12,16H2,(H,33,34,35)/t20-,24?/m1/s1. The van der Waals surface area contributed by atoms with Crippen molar-refractivity contribution in [2.24, 2.45) is 0 Å². The lowest BCUT2D eigenvalue weighted by Crippen LogP contribution is -2.27. The second kappa shape index (κ2) is 9.17. The van der Waals surface area contributed by atoms with Crippen LogP contribution in [0.25, 0.3) is 22.2 Å². The molecule has 0 fully saturated rings. The molecule has 6 rings (SSSR count). The van der Waals surface area contributed by atoms with Crippen LogP contribution in [0.5, 0.6) is 0 Å². The molecule has 0 amide bonds. The van der Waals surface area contributed by atoms with E-state index in [1.54, 1.807) is 12.3 Å². The van der Waals surface area contributed by atoms with Gasteiger partial charge in [0, 0.05) is 34.8 Å². The second-order valence-electron chi connectivity index (χ2n) is 9.17. The minimum atomic E-state index is -0.853. The number of nitrogens with zero attached hydrogens (tertiary/aromatic N) is 2. The van der Waals surface area contributed by atoms with E-state index in [0.717, 1.165) is 38.9 Å². The van der Waals surface area contributed by atoms with E-state index in [4.69, 9.17) is 4.98 Å². The van der Waals surface area contributed by atoms with Crippen LogP contribution in [0.15, 0.2) is 79.1 Å². The molecule has 2 aromatic heterocycles. The Morgan fingerprint density at radius 1 is 1.03 bits per heavy atom. The van der Waals surface area contributed by atoms with Crippen LogP contribution >= 0.6 is 0 Å². The molecule has 3 N–H and O–H groups in total. The van der Waals surface area contributed by atoms with Crippen molar-refractivity contribution in [3.8, 4) is 11.3 Å². The van der Waals surface area contributed by atoms with Crippen LogP contribution in [0.2, 0.25) is 0 Å². The Kier molecular flexibility index (Phi) is 5.70. The predicted octanol–water partition coefficient (Wildman–Crippen LogP) is 5.61. The summed E-state index contributed by atoms with van der Waals surface area (Å²) in [5.74, 6) is -1.39. The first-order valence-electron chi connectivity index (χ1n) is 11.9. The van der Waals surface area contributed by atoms with Crippen molar-refractivity contribution < 1.29 is 13.9 Å². The number of aromatic amines is 1. The minimum Gasteiger partial charge on any atom is -0.394 e. The summed E-state index contributed by atoms with van der Waals surface area (Å²) in [6, 6.07) is 19.8. The largest absolute Gasteiger partial charge is 0.394 e. The first-order chi connectivity index (χ1) is 17.6. The van der Waals surface area contributed by atoms with Crippen LogP contribution in [0, 0.1) is 11.6 Å². The van der Waals surface area contributed by atoms with E-state index in [0.29, 0.717) is 24.4 Å². The number of nitrogens with one attached hydrogen (secondary N) is 2. The Hall–Kier alpha value is -4.10. The summed E-state index contributed by atoms with van der Waals surface area (Å²) in [4.78, 5) is 12.6. The van der Waals surface area contributed by atoms with Crippen molar-refractivity contribution in [1.82, 2.24) is 15.0 Å². The number of halogens is 2. The number of anilines is 1. The fourth-order valence-electron chi connectivity index (χ4n) is 5.14. The maximum absolute atomic E-state index is 14.0.